The molecule has 5 heteroatoms. The van der Waals surface area contributed by atoms with Gasteiger partial charge in [0.25, 0.3) is 5.91 Å². The Hall–Kier alpha value is -2.27. The second-order valence-corrected chi connectivity index (χ2v) is 6.23. The minimum atomic E-state index is -0.636. The summed E-state index contributed by atoms with van der Waals surface area (Å²) in [5, 5.41) is 1.80. The van der Waals surface area contributed by atoms with Crippen LogP contribution in [0.2, 0.25) is 0 Å². The SMILES string of the molecule is O=C(c1nccc2ccccc12)N1CC[C@@]2(CCCO2)C(=O)C1. The van der Waals surface area contributed by atoms with Gasteiger partial charge < -0.3 is 9.64 Å². The Bertz CT molecular complexity index is 775. The second-order valence-electron chi connectivity index (χ2n) is 6.23. The summed E-state index contributed by atoms with van der Waals surface area (Å²) in [5.41, 5.74) is -0.220. The van der Waals surface area contributed by atoms with Gasteiger partial charge >= 0.3 is 0 Å². The van der Waals surface area contributed by atoms with Crippen LogP contribution in [0.1, 0.15) is 29.8 Å². The maximum Gasteiger partial charge on any atom is 0.273 e. The molecule has 0 aliphatic carbocycles. The molecule has 4 rings (SSSR count). The zero-order valence-electron chi connectivity index (χ0n) is 12.8. The molecular weight excluding hydrogens is 292 g/mol. The van der Waals surface area contributed by atoms with Crippen molar-refractivity contribution >= 4 is 22.5 Å². The molecule has 1 spiro atoms. The lowest BCUT2D eigenvalue weighted by Gasteiger charge is -2.37. The summed E-state index contributed by atoms with van der Waals surface area (Å²) in [4.78, 5) is 31.2. The number of ketones is 1. The normalized spacial score (nSPS) is 24.5. The largest absolute Gasteiger partial charge is 0.367 e. The molecule has 1 amide bonds. The number of aromatic nitrogens is 1. The summed E-state index contributed by atoms with van der Waals surface area (Å²) in [6, 6.07) is 9.56. The van der Waals surface area contributed by atoms with Gasteiger partial charge in [-0.1, -0.05) is 24.3 Å². The lowest BCUT2D eigenvalue weighted by molar-refractivity contribution is -0.144. The first-order chi connectivity index (χ1) is 11.2. The molecule has 1 atom stereocenters. The van der Waals surface area contributed by atoms with Gasteiger partial charge in [0.2, 0.25) is 0 Å². The van der Waals surface area contributed by atoms with Gasteiger partial charge in [-0.05, 0) is 24.3 Å². The Kier molecular flexibility index (Phi) is 3.38. The van der Waals surface area contributed by atoms with E-state index < -0.39 is 5.60 Å². The van der Waals surface area contributed by atoms with Crippen molar-refractivity contribution in [1.29, 1.82) is 0 Å². The average molecular weight is 310 g/mol. The lowest BCUT2D eigenvalue weighted by atomic mass is 9.87. The summed E-state index contributed by atoms with van der Waals surface area (Å²) in [6.07, 6.45) is 3.93. The van der Waals surface area contributed by atoms with Crippen molar-refractivity contribution in [3.05, 3.63) is 42.2 Å². The molecule has 0 saturated carbocycles. The fourth-order valence-corrected chi connectivity index (χ4v) is 3.58. The molecule has 5 nitrogen and oxygen atoms in total. The number of hydrogen-bond acceptors (Lipinski definition) is 4. The van der Waals surface area contributed by atoms with E-state index in [9.17, 15) is 9.59 Å². The average Bonchev–Trinajstić information content (AvgIpc) is 3.06. The van der Waals surface area contributed by atoms with Gasteiger partial charge in [-0.2, -0.15) is 0 Å². The first kappa shape index (κ1) is 14.3. The zero-order valence-corrected chi connectivity index (χ0v) is 12.8. The van der Waals surface area contributed by atoms with Crippen LogP contribution >= 0.6 is 0 Å². The highest BCUT2D eigenvalue weighted by Gasteiger charge is 2.46. The number of likely N-dealkylation sites (tertiary alicyclic amines) is 1. The van der Waals surface area contributed by atoms with E-state index in [1.54, 1.807) is 11.1 Å². The molecule has 3 heterocycles. The molecule has 2 fully saturated rings. The molecule has 118 valence electrons. The van der Waals surface area contributed by atoms with E-state index in [4.69, 9.17) is 4.74 Å². The van der Waals surface area contributed by atoms with Gasteiger partial charge in [-0.3, -0.25) is 14.6 Å². The predicted octanol–water partition coefficient (Wildman–Crippen LogP) is 2.20. The smallest absolute Gasteiger partial charge is 0.273 e. The second kappa shape index (κ2) is 5.42. The number of carbonyl (C=O) groups is 2. The molecule has 2 aromatic rings. The molecule has 1 aromatic carbocycles. The number of benzene rings is 1. The van der Waals surface area contributed by atoms with Crippen LogP contribution in [0, 0.1) is 0 Å². The number of amides is 1. The number of carbonyl (C=O) groups excluding carboxylic acids is 2. The van der Waals surface area contributed by atoms with Crippen molar-refractivity contribution in [3.8, 4) is 0 Å². The zero-order chi connectivity index (χ0) is 15.9. The fourth-order valence-electron chi connectivity index (χ4n) is 3.58. The van der Waals surface area contributed by atoms with E-state index in [1.165, 1.54) is 0 Å². The van der Waals surface area contributed by atoms with Crippen LogP contribution in [0.3, 0.4) is 0 Å². The van der Waals surface area contributed by atoms with E-state index >= 15 is 0 Å². The van der Waals surface area contributed by atoms with Crippen molar-refractivity contribution in [1.82, 2.24) is 9.88 Å². The van der Waals surface area contributed by atoms with Gasteiger partial charge in [-0.25, -0.2) is 0 Å². The molecular formula is C18H18N2O3. The van der Waals surface area contributed by atoms with Crippen LogP contribution in [0.5, 0.6) is 0 Å². The number of nitrogens with zero attached hydrogens (tertiary/aromatic N) is 2. The van der Waals surface area contributed by atoms with Crippen molar-refractivity contribution in [2.24, 2.45) is 0 Å². The van der Waals surface area contributed by atoms with E-state index in [1.807, 2.05) is 30.3 Å². The summed E-state index contributed by atoms with van der Waals surface area (Å²) in [6.45, 7) is 1.30. The topological polar surface area (TPSA) is 59.5 Å². The van der Waals surface area contributed by atoms with Gasteiger partial charge in [0.15, 0.2) is 5.78 Å². The van der Waals surface area contributed by atoms with Crippen molar-refractivity contribution in [3.63, 3.8) is 0 Å². The van der Waals surface area contributed by atoms with Gasteiger partial charge in [0.05, 0.1) is 6.54 Å². The van der Waals surface area contributed by atoms with E-state index in [2.05, 4.69) is 4.98 Å². The van der Waals surface area contributed by atoms with Crippen LogP contribution in [0.15, 0.2) is 36.5 Å². The van der Waals surface area contributed by atoms with E-state index in [0.717, 1.165) is 23.6 Å². The molecule has 0 bridgehead atoms. The Morgan fingerprint density at radius 2 is 2.09 bits per heavy atom. The quantitative estimate of drug-likeness (QED) is 0.810. The van der Waals surface area contributed by atoms with Crippen molar-refractivity contribution < 1.29 is 14.3 Å². The van der Waals surface area contributed by atoms with Gasteiger partial charge in [-0.15, -0.1) is 0 Å². The monoisotopic (exact) mass is 310 g/mol. The minimum absolute atomic E-state index is 0.0230. The number of fused-ring (bicyclic) bond motifs is 1. The van der Waals surface area contributed by atoms with Crippen LogP contribution in [-0.2, 0) is 9.53 Å². The van der Waals surface area contributed by atoms with Crippen molar-refractivity contribution in [2.75, 3.05) is 19.7 Å². The third-order valence-corrected chi connectivity index (χ3v) is 4.89. The standard InChI is InChI=1S/C18H18N2O3/c21-15-12-20(10-8-18(15)7-3-11-23-18)17(22)16-14-5-2-1-4-13(14)6-9-19-16/h1-2,4-6,9H,3,7-8,10-12H2/t18-/m0/s1. The van der Waals surface area contributed by atoms with Crippen LogP contribution < -0.4 is 0 Å². The van der Waals surface area contributed by atoms with E-state index in [-0.39, 0.29) is 18.2 Å². The van der Waals surface area contributed by atoms with Crippen LogP contribution in [0.4, 0.5) is 0 Å². The van der Waals surface area contributed by atoms with Gasteiger partial charge in [0.1, 0.15) is 11.3 Å². The Morgan fingerprint density at radius 3 is 2.87 bits per heavy atom. The maximum atomic E-state index is 12.8. The first-order valence-corrected chi connectivity index (χ1v) is 8.00. The summed E-state index contributed by atoms with van der Waals surface area (Å²) in [7, 11) is 0. The first-order valence-electron chi connectivity index (χ1n) is 8.00. The highest BCUT2D eigenvalue weighted by atomic mass is 16.5. The minimum Gasteiger partial charge on any atom is -0.367 e. The molecule has 1 aromatic heterocycles. The Balaban J connectivity index is 1.61. The molecule has 2 saturated heterocycles. The number of rotatable bonds is 1. The number of piperidine rings is 1. The summed E-state index contributed by atoms with van der Waals surface area (Å²) < 4.78 is 5.69. The summed E-state index contributed by atoms with van der Waals surface area (Å²) in [5.74, 6) is -0.155. The highest BCUT2D eigenvalue weighted by Crippen LogP contribution is 2.34. The maximum absolute atomic E-state index is 12.8. The molecule has 0 radical (unpaired) electrons. The predicted molar refractivity (Wildman–Crippen MR) is 85.2 cm³/mol. The van der Waals surface area contributed by atoms with E-state index in [0.29, 0.717) is 25.3 Å². The third-order valence-electron chi connectivity index (χ3n) is 4.89. The molecule has 0 N–H and O–H groups in total. The number of pyridine rings is 1. The van der Waals surface area contributed by atoms with Crippen LogP contribution in [-0.4, -0.2) is 46.9 Å². The summed E-state index contributed by atoms with van der Waals surface area (Å²) >= 11 is 0. The fraction of sp³-hybridized carbons (Fsp3) is 0.389. The molecule has 2 aliphatic heterocycles. The molecule has 2 aliphatic rings. The number of ether oxygens (including phenoxy) is 1. The molecule has 23 heavy (non-hydrogen) atoms. The molecule has 0 unspecified atom stereocenters. The highest BCUT2D eigenvalue weighted by molar-refractivity contribution is 6.06. The van der Waals surface area contributed by atoms with Crippen LogP contribution in [0.25, 0.3) is 10.8 Å². The third kappa shape index (κ3) is 2.32. The van der Waals surface area contributed by atoms with Gasteiger partial charge in [0, 0.05) is 31.2 Å². The number of hydrogen-bond donors (Lipinski definition) is 0. The lowest BCUT2D eigenvalue weighted by Crippen LogP contribution is -2.53. The van der Waals surface area contributed by atoms with Crippen molar-refractivity contribution in [2.45, 2.75) is 24.9 Å². The Labute approximate surface area is 134 Å². The number of Topliss-reactive ketones (excluding diaryl/α,β-unsaturated/α-hetero) is 1. The Morgan fingerprint density at radius 1 is 1.22 bits per heavy atom.